The van der Waals surface area contributed by atoms with Crippen LogP contribution in [0.3, 0.4) is 0 Å². The molecule has 124 valence electrons. The molecule has 0 spiro atoms. The molecule has 4 rings (SSSR count). The van der Waals surface area contributed by atoms with Gasteiger partial charge in [-0.1, -0.05) is 13.8 Å². The summed E-state index contributed by atoms with van der Waals surface area (Å²) < 4.78 is 0. The summed E-state index contributed by atoms with van der Waals surface area (Å²) in [5.41, 5.74) is 0.155. The highest BCUT2D eigenvalue weighted by Crippen LogP contribution is 2.65. The number of rotatable bonds is 0. The summed E-state index contributed by atoms with van der Waals surface area (Å²) in [4.78, 5) is 0. The van der Waals surface area contributed by atoms with Gasteiger partial charge in [0.05, 0.1) is 18.0 Å². The Hall–Kier alpha value is -0.540. The first-order valence-electron chi connectivity index (χ1n) is 9.12. The Morgan fingerprint density at radius 3 is 2.59 bits per heavy atom. The van der Waals surface area contributed by atoms with E-state index in [-0.39, 0.29) is 23.0 Å². The van der Waals surface area contributed by atoms with Crippen LogP contribution in [0.25, 0.3) is 0 Å². The maximum atomic E-state index is 10.9. The van der Waals surface area contributed by atoms with Crippen molar-refractivity contribution < 1.29 is 15.3 Å². The molecule has 0 heterocycles. The normalized spacial score (nSPS) is 57.5. The maximum absolute atomic E-state index is 10.9. The number of aliphatic hydroxyl groups is 3. The molecule has 0 radical (unpaired) electrons. The Morgan fingerprint density at radius 1 is 1.05 bits per heavy atom. The third-order valence-electron chi connectivity index (χ3n) is 8.20. The van der Waals surface area contributed by atoms with Crippen LogP contribution in [0.5, 0.6) is 0 Å². The van der Waals surface area contributed by atoms with E-state index in [0.717, 1.165) is 44.9 Å². The van der Waals surface area contributed by atoms with Crippen LogP contribution < -0.4 is 0 Å². The molecule has 0 aromatic heterocycles. The molecule has 8 atom stereocenters. The molecule has 3 nitrogen and oxygen atoms in total. The van der Waals surface area contributed by atoms with Gasteiger partial charge >= 0.3 is 0 Å². The number of allylic oxidation sites excluding steroid dienone is 2. The zero-order valence-electron chi connectivity index (χ0n) is 13.8. The first kappa shape index (κ1) is 15.0. The van der Waals surface area contributed by atoms with Crippen LogP contribution in [-0.2, 0) is 0 Å². The molecule has 3 unspecified atom stereocenters. The van der Waals surface area contributed by atoms with Crippen LogP contribution in [0.2, 0.25) is 0 Å². The smallest absolute Gasteiger partial charge is 0.0944 e. The summed E-state index contributed by atoms with van der Waals surface area (Å²) in [7, 11) is 0. The van der Waals surface area contributed by atoms with E-state index in [1.165, 1.54) is 0 Å². The molecule has 4 aliphatic carbocycles. The highest BCUT2D eigenvalue weighted by Gasteiger charge is 2.61. The van der Waals surface area contributed by atoms with Crippen LogP contribution in [0.4, 0.5) is 0 Å². The van der Waals surface area contributed by atoms with E-state index in [2.05, 4.69) is 13.8 Å². The van der Waals surface area contributed by atoms with E-state index in [4.69, 9.17) is 0 Å². The van der Waals surface area contributed by atoms with Crippen molar-refractivity contribution >= 4 is 0 Å². The van der Waals surface area contributed by atoms with E-state index in [9.17, 15) is 15.3 Å². The van der Waals surface area contributed by atoms with E-state index >= 15 is 0 Å². The fourth-order valence-electron chi connectivity index (χ4n) is 6.75. The second-order valence-electron chi connectivity index (χ2n) is 9.01. The molecule has 0 bridgehead atoms. The zero-order valence-corrected chi connectivity index (χ0v) is 13.8. The predicted molar refractivity (Wildman–Crippen MR) is 85.2 cm³/mol. The van der Waals surface area contributed by atoms with Gasteiger partial charge in [0, 0.05) is 5.41 Å². The molecule has 0 saturated heterocycles. The standard InChI is InChI=1S/C19H30O3/c1-18-7-5-12(20)9-11(18)10-15(21)17-13-3-4-16(22)19(13,2)8-6-14(17)18/h4,11-15,17,20-22H,3,5-10H2,1-2H3/t11?,12?,13-,14+,15?,17-,18-,19-/m0/s1. The quantitative estimate of drug-likeness (QED) is 0.643. The SMILES string of the molecule is C[C@]12CCC(O)CC1CC(O)[C@@H]1[C@H]2CC[C@]2(C)C(O)=CC[C@@H]12. The summed E-state index contributed by atoms with van der Waals surface area (Å²) >= 11 is 0. The first-order chi connectivity index (χ1) is 10.4. The van der Waals surface area contributed by atoms with Crippen molar-refractivity contribution in [2.75, 3.05) is 0 Å². The Morgan fingerprint density at radius 2 is 1.82 bits per heavy atom. The van der Waals surface area contributed by atoms with Crippen molar-refractivity contribution in [3.63, 3.8) is 0 Å². The molecular formula is C19H30O3. The lowest BCUT2D eigenvalue weighted by Gasteiger charge is -2.61. The van der Waals surface area contributed by atoms with E-state index in [1.807, 2.05) is 6.08 Å². The van der Waals surface area contributed by atoms with Crippen molar-refractivity contribution in [3.8, 4) is 0 Å². The molecule has 0 amide bonds. The van der Waals surface area contributed by atoms with E-state index in [1.54, 1.807) is 0 Å². The van der Waals surface area contributed by atoms with Crippen molar-refractivity contribution in [2.24, 2.45) is 34.5 Å². The lowest BCUT2D eigenvalue weighted by Crippen LogP contribution is -2.58. The molecule has 0 aliphatic heterocycles. The Kier molecular flexibility index (Phi) is 3.23. The molecule has 0 aromatic carbocycles. The van der Waals surface area contributed by atoms with Crippen LogP contribution in [-0.4, -0.2) is 27.5 Å². The zero-order chi connectivity index (χ0) is 15.7. The van der Waals surface area contributed by atoms with Crippen molar-refractivity contribution in [3.05, 3.63) is 11.8 Å². The summed E-state index contributed by atoms with van der Waals surface area (Å²) in [5.74, 6) is 2.28. The second-order valence-corrected chi connectivity index (χ2v) is 9.01. The van der Waals surface area contributed by atoms with Crippen LogP contribution in [0, 0.1) is 34.5 Å². The van der Waals surface area contributed by atoms with Gasteiger partial charge in [-0.2, -0.15) is 0 Å². The molecule has 3 fully saturated rings. The first-order valence-corrected chi connectivity index (χ1v) is 9.12. The van der Waals surface area contributed by atoms with Crippen molar-refractivity contribution in [2.45, 2.75) is 71.0 Å². The number of hydrogen-bond acceptors (Lipinski definition) is 3. The van der Waals surface area contributed by atoms with Gasteiger partial charge in [-0.15, -0.1) is 0 Å². The monoisotopic (exact) mass is 306 g/mol. The van der Waals surface area contributed by atoms with E-state index in [0.29, 0.717) is 29.4 Å². The number of hydrogen-bond donors (Lipinski definition) is 3. The Balaban J connectivity index is 1.68. The minimum absolute atomic E-state index is 0.112. The fourth-order valence-corrected chi connectivity index (χ4v) is 6.75. The fraction of sp³-hybridized carbons (Fsp3) is 0.895. The third kappa shape index (κ3) is 1.81. The summed E-state index contributed by atoms with van der Waals surface area (Å²) in [6, 6.07) is 0. The highest BCUT2D eigenvalue weighted by atomic mass is 16.3. The summed E-state index contributed by atoms with van der Waals surface area (Å²) in [6.07, 6.45) is 8.33. The Bertz CT molecular complexity index is 501. The third-order valence-corrected chi connectivity index (χ3v) is 8.20. The molecular weight excluding hydrogens is 276 g/mol. The van der Waals surface area contributed by atoms with Crippen molar-refractivity contribution in [1.82, 2.24) is 0 Å². The Labute approximate surface area is 133 Å². The summed E-state index contributed by atoms with van der Waals surface area (Å²) in [5, 5.41) is 31.3. The van der Waals surface area contributed by atoms with Gasteiger partial charge in [0.15, 0.2) is 0 Å². The molecule has 4 aliphatic rings. The van der Waals surface area contributed by atoms with Gasteiger partial charge in [-0.3, -0.25) is 0 Å². The molecule has 0 aromatic rings. The van der Waals surface area contributed by atoms with Gasteiger partial charge < -0.3 is 15.3 Å². The van der Waals surface area contributed by atoms with Gasteiger partial charge in [0.2, 0.25) is 0 Å². The van der Waals surface area contributed by atoms with Crippen molar-refractivity contribution in [1.29, 1.82) is 0 Å². The van der Waals surface area contributed by atoms with Crippen LogP contribution in [0.1, 0.15) is 58.8 Å². The van der Waals surface area contributed by atoms with E-state index < -0.39 is 0 Å². The predicted octanol–water partition coefficient (Wildman–Crippen LogP) is 3.41. The average molecular weight is 306 g/mol. The summed E-state index contributed by atoms with van der Waals surface area (Å²) in [6.45, 7) is 4.61. The topological polar surface area (TPSA) is 60.7 Å². The van der Waals surface area contributed by atoms with Gasteiger partial charge in [0.25, 0.3) is 0 Å². The van der Waals surface area contributed by atoms with Crippen LogP contribution in [0.15, 0.2) is 11.8 Å². The minimum atomic E-state index is -0.266. The minimum Gasteiger partial charge on any atom is -0.512 e. The van der Waals surface area contributed by atoms with Gasteiger partial charge in [0.1, 0.15) is 0 Å². The molecule has 22 heavy (non-hydrogen) atoms. The highest BCUT2D eigenvalue weighted by molar-refractivity contribution is 5.21. The molecule has 3 heteroatoms. The number of aliphatic hydroxyl groups excluding tert-OH is 3. The lowest BCUT2D eigenvalue weighted by atomic mass is 9.44. The number of fused-ring (bicyclic) bond motifs is 5. The second kappa shape index (κ2) is 4.73. The van der Waals surface area contributed by atoms with Crippen LogP contribution >= 0.6 is 0 Å². The van der Waals surface area contributed by atoms with Gasteiger partial charge in [-0.05, 0) is 80.1 Å². The molecule has 3 saturated carbocycles. The largest absolute Gasteiger partial charge is 0.512 e. The maximum Gasteiger partial charge on any atom is 0.0944 e. The molecule has 3 N–H and O–H groups in total. The lowest BCUT2D eigenvalue weighted by molar-refractivity contribution is -0.168. The van der Waals surface area contributed by atoms with Gasteiger partial charge in [-0.25, -0.2) is 0 Å². The average Bonchev–Trinajstić information content (AvgIpc) is 2.77.